The maximum Gasteiger partial charge on any atom is 0.350 e. The number of amides is 1. The molecule has 1 aliphatic rings. The van der Waals surface area contributed by atoms with Gasteiger partial charge >= 0.3 is 5.97 Å². The predicted molar refractivity (Wildman–Crippen MR) is 130 cm³/mol. The van der Waals surface area contributed by atoms with Crippen molar-refractivity contribution in [2.45, 2.75) is 13.0 Å². The molecule has 3 heterocycles. The number of thiazole rings is 1. The van der Waals surface area contributed by atoms with E-state index in [2.05, 4.69) is 11.6 Å². The molecule has 5 rings (SSSR count). The van der Waals surface area contributed by atoms with E-state index in [0.717, 1.165) is 11.3 Å². The van der Waals surface area contributed by atoms with Gasteiger partial charge < -0.3 is 9.15 Å². The molecular weight excluding hydrogens is 476 g/mol. The lowest BCUT2D eigenvalue weighted by Gasteiger charge is -2.22. The van der Waals surface area contributed by atoms with Crippen LogP contribution < -0.4 is 10.3 Å². The zero-order valence-electron chi connectivity index (χ0n) is 17.9. The summed E-state index contributed by atoms with van der Waals surface area (Å²) in [5.41, 5.74) is 1.31. The molecule has 34 heavy (non-hydrogen) atoms. The third-order valence-electron chi connectivity index (χ3n) is 5.47. The van der Waals surface area contributed by atoms with Crippen LogP contribution in [0.15, 0.2) is 70.4 Å². The van der Waals surface area contributed by atoms with E-state index in [0.29, 0.717) is 27.2 Å². The second-order valence-corrected chi connectivity index (χ2v) is 9.01. The van der Waals surface area contributed by atoms with Crippen molar-refractivity contribution in [3.63, 3.8) is 0 Å². The van der Waals surface area contributed by atoms with Crippen molar-refractivity contribution in [3.8, 4) is 0 Å². The maximum atomic E-state index is 13.6. The Morgan fingerprint density at radius 2 is 1.97 bits per heavy atom. The normalized spacial score (nSPS) is 14.9. The first-order chi connectivity index (χ1) is 16.4. The Balaban J connectivity index is 1.71. The first-order valence-electron chi connectivity index (χ1n) is 10.3. The predicted octanol–water partition coefficient (Wildman–Crippen LogP) is 5.30. The smallest absolute Gasteiger partial charge is 0.350 e. The molecule has 0 saturated heterocycles. The highest BCUT2D eigenvalue weighted by Gasteiger charge is 2.45. The highest BCUT2D eigenvalue weighted by Crippen LogP contribution is 2.43. The van der Waals surface area contributed by atoms with Crippen LogP contribution in [0.25, 0.3) is 11.0 Å². The number of hydrogen-bond donors (Lipinski definition) is 0. The summed E-state index contributed by atoms with van der Waals surface area (Å²) in [6, 6.07) is 12.8. The fourth-order valence-corrected chi connectivity index (χ4v) is 5.07. The summed E-state index contributed by atoms with van der Waals surface area (Å²) in [7, 11) is 0. The number of esters is 1. The molecule has 2 aromatic carbocycles. The molecule has 0 bridgehead atoms. The average molecular weight is 493 g/mol. The van der Waals surface area contributed by atoms with Crippen LogP contribution in [0.4, 0.5) is 5.13 Å². The van der Waals surface area contributed by atoms with Crippen LogP contribution >= 0.6 is 22.9 Å². The van der Waals surface area contributed by atoms with Gasteiger partial charge in [0.1, 0.15) is 17.1 Å². The highest BCUT2D eigenvalue weighted by molar-refractivity contribution is 7.17. The van der Waals surface area contributed by atoms with E-state index >= 15 is 0 Å². The number of benzene rings is 2. The molecule has 4 aromatic rings. The Bertz CT molecular complexity index is 1520. The first kappa shape index (κ1) is 22.1. The number of aromatic nitrogens is 1. The van der Waals surface area contributed by atoms with Crippen LogP contribution in [0, 0.1) is 6.92 Å². The molecule has 1 aliphatic heterocycles. The summed E-state index contributed by atoms with van der Waals surface area (Å²) >= 11 is 7.10. The van der Waals surface area contributed by atoms with Gasteiger partial charge in [0.2, 0.25) is 5.76 Å². The number of rotatable bonds is 5. The minimum atomic E-state index is -0.803. The average Bonchev–Trinajstić information content (AvgIpc) is 3.36. The SMILES string of the molecule is C=CCOC(=O)c1sc(N2C(=O)c3oc4ccccc4c(=O)c3C2c2ccc(Cl)cc2)nc1C. The second-order valence-electron chi connectivity index (χ2n) is 7.60. The van der Waals surface area contributed by atoms with Gasteiger partial charge in [-0.2, -0.15) is 0 Å². The zero-order chi connectivity index (χ0) is 24.0. The molecule has 9 heteroatoms. The number of nitrogens with zero attached hydrogens (tertiary/aromatic N) is 2. The minimum absolute atomic E-state index is 0.0488. The first-order valence-corrected chi connectivity index (χ1v) is 11.5. The lowest BCUT2D eigenvalue weighted by atomic mass is 9.99. The van der Waals surface area contributed by atoms with Gasteiger partial charge in [0.05, 0.1) is 22.7 Å². The number of anilines is 1. The van der Waals surface area contributed by atoms with Gasteiger partial charge in [-0.15, -0.1) is 0 Å². The Labute approximate surface area is 202 Å². The van der Waals surface area contributed by atoms with E-state index in [1.165, 1.54) is 11.0 Å². The van der Waals surface area contributed by atoms with Crippen LogP contribution in [0.1, 0.15) is 43.1 Å². The van der Waals surface area contributed by atoms with Gasteiger partial charge in [0.25, 0.3) is 5.91 Å². The number of para-hydroxylation sites is 1. The van der Waals surface area contributed by atoms with E-state index < -0.39 is 17.9 Å². The summed E-state index contributed by atoms with van der Waals surface area (Å²) < 4.78 is 11.1. The summed E-state index contributed by atoms with van der Waals surface area (Å²) in [5.74, 6) is -1.13. The monoisotopic (exact) mass is 492 g/mol. The topological polar surface area (TPSA) is 89.7 Å². The minimum Gasteiger partial charge on any atom is -0.457 e. The number of aryl methyl sites for hydroxylation is 1. The van der Waals surface area contributed by atoms with Crippen LogP contribution in [0.3, 0.4) is 0 Å². The fraction of sp³-hybridized carbons (Fsp3) is 0.120. The van der Waals surface area contributed by atoms with Crippen molar-refractivity contribution in [3.05, 3.63) is 104 Å². The molecule has 1 amide bonds. The maximum absolute atomic E-state index is 13.6. The molecule has 1 atom stereocenters. The zero-order valence-corrected chi connectivity index (χ0v) is 19.5. The lowest BCUT2D eigenvalue weighted by Crippen LogP contribution is -2.29. The summed E-state index contributed by atoms with van der Waals surface area (Å²) in [6.07, 6.45) is 1.47. The van der Waals surface area contributed by atoms with Crippen LogP contribution in [0.5, 0.6) is 0 Å². The molecule has 0 spiro atoms. The van der Waals surface area contributed by atoms with Gasteiger partial charge in [0, 0.05) is 5.02 Å². The van der Waals surface area contributed by atoms with Gasteiger partial charge in [-0.1, -0.05) is 59.9 Å². The van der Waals surface area contributed by atoms with E-state index in [1.54, 1.807) is 55.5 Å². The van der Waals surface area contributed by atoms with Crippen molar-refractivity contribution in [2.75, 3.05) is 11.5 Å². The Hall–Kier alpha value is -3.75. The number of ether oxygens (including phenoxy) is 1. The summed E-state index contributed by atoms with van der Waals surface area (Å²) in [5, 5.41) is 1.14. The fourth-order valence-electron chi connectivity index (χ4n) is 3.95. The Kier molecular flexibility index (Phi) is 5.55. The van der Waals surface area contributed by atoms with Gasteiger partial charge in [-0.3, -0.25) is 14.5 Å². The van der Waals surface area contributed by atoms with Crippen molar-refractivity contribution >= 4 is 50.9 Å². The number of hydrogen-bond acceptors (Lipinski definition) is 7. The van der Waals surface area contributed by atoms with Crippen LogP contribution in [0.2, 0.25) is 5.02 Å². The Morgan fingerprint density at radius 3 is 2.71 bits per heavy atom. The Morgan fingerprint density at radius 1 is 1.24 bits per heavy atom. The van der Waals surface area contributed by atoms with Gasteiger partial charge in [-0.25, -0.2) is 9.78 Å². The number of carbonyl (C=O) groups excluding carboxylic acids is 2. The van der Waals surface area contributed by atoms with Crippen molar-refractivity contribution in [2.24, 2.45) is 0 Å². The highest BCUT2D eigenvalue weighted by atomic mass is 35.5. The van der Waals surface area contributed by atoms with E-state index in [9.17, 15) is 14.4 Å². The van der Waals surface area contributed by atoms with E-state index in [-0.39, 0.29) is 33.4 Å². The van der Waals surface area contributed by atoms with E-state index in [1.807, 2.05) is 0 Å². The quantitative estimate of drug-likeness (QED) is 0.277. The molecule has 1 unspecified atom stereocenters. The largest absolute Gasteiger partial charge is 0.457 e. The molecule has 7 nitrogen and oxygen atoms in total. The summed E-state index contributed by atoms with van der Waals surface area (Å²) in [6.45, 7) is 5.25. The van der Waals surface area contributed by atoms with Crippen LogP contribution in [-0.2, 0) is 4.74 Å². The molecule has 0 aliphatic carbocycles. The standard InChI is InChI=1S/C25H17ClN2O5S/c1-3-12-32-24(31)22-13(2)27-25(34-22)28-19(14-8-10-15(26)11-9-14)18-20(29)16-6-4-5-7-17(16)33-21(18)23(28)30/h3-11,19H,1,12H2,2H3. The number of fused-ring (bicyclic) bond motifs is 2. The van der Waals surface area contributed by atoms with Gasteiger partial charge in [-0.05, 0) is 36.8 Å². The van der Waals surface area contributed by atoms with Crippen molar-refractivity contribution < 1.29 is 18.7 Å². The summed E-state index contributed by atoms with van der Waals surface area (Å²) in [4.78, 5) is 45.7. The molecular formula is C25H17ClN2O5S. The second kappa shape index (κ2) is 8.55. The van der Waals surface area contributed by atoms with Gasteiger partial charge in [0.15, 0.2) is 10.6 Å². The number of halogens is 1. The molecule has 2 aromatic heterocycles. The lowest BCUT2D eigenvalue weighted by molar-refractivity contribution is 0.0554. The molecule has 0 saturated carbocycles. The number of carbonyl (C=O) groups is 2. The molecule has 0 fully saturated rings. The van der Waals surface area contributed by atoms with Crippen molar-refractivity contribution in [1.82, 2.24) is 4.98 Å². The molecule has 0 N–H and O–H groups in total. The van der Waals surface area contributed by atoms with Crippen molar-refractivity contribution in [1.29, 1.82) is 0 Å². The van der Waals surface area contributed by atoms with E-state index in [4.69, 9.17) is 20.8 Å². The molecule has 0 radical (unpaired) electrons. The van der Waals surface area contributed by atoms with Crippen LogP contribution in [-0.4, -0.2) is 23.5 Å². The third kappa shape index (κ3) is 3.52. The molecule has 170 valence electrons. The third-order valence-corrected chi connectivity index (χ3v) is 6.86.